The Balaban J connectivity index is 0.000000380. The molecule has 1 aliphatic heterocycles. The minimum absolute atomic E-state index is 0.0880. The van der Waals surface area contributed by atoms with Gasteiger partial charge in [0.15, 0.2) is 0 Å². The van der Waals surface area contributed by atoms with Crippen molar-refractivity contribution >= 4 is 11.6 Å². The fourth-order valence-corrected chi connectivity index (χ4v) is 4.45. The number of unbranched alkanes of at least 4 members (excludes halogenated alkanes) is 3. The van der Waals surface area contributed by atoms with E-state index in [2.05, 4.69) is 25.7 Å². The van der Waals surface area contributed by atoms with Crippen molar-refractivity contribution in [3.05, 3.63) is 35.4 Å². The van der Waals surface area contributed by atoms with Gasteiger partial charge < -0.3 is 0 Å². The molecule has 154 valence electrons. The second-order valence-electron chi connectivity index (χ2n) is 8.10. The van der Waals surface area contributed by atoms with Gasteiger partial charge in [0.25, 0.3) is 0 Å². The van der Waals surface area contributed by atoms with Gasteiger partial charge >= 0.3 is 6.18 Å². The number of hydrogen-bond donors (Lipinski definition) is 0. The lowest BCUT2D eigenvalue weighted by Crippen LogP contribution is -2.34. The molecule has 1 aromatic carbocycles. The van der Waals surface area contributed by atoms with E-state index in [-0.39, 0.29) is 5.41 Å². The first kappa shape index (κ1) is 22.5. The van der Waals surface area contributed by atoms with E-state index in [0.29, 0.717) is 17.8 Å². The molecule has 27 heavy (non-hydrogen) atoms. The van der Waals surface area contributed by atoms with Crippen LogP contribution < -0.4 is 0 Å². The molecule has 1 saturated carbocycles. The summed E-state index contributed by atoms with van der Waals surface area (Å²) in [4.78, 5) is 2.42. The summed E-state index contributed by atoms with van der Waals surface area (Å²) in [5, 5.41) is 0. The largest absolute Gasteiger partial charge is 0.416 e. The number of benzene rings is 1. The summed E-state index contributed by atoms with van der Waals surface area (Å²) in [5.41, 5.74) is 0.580. The fourth-order valence-electron chi connectivity index (χ4n) is 4.14. The second kappa shape index (κ2) is 9.65. The summed E-state index contributed by atoms with van der Waals surface area (Å²) in [5.74, 6) is 1.24. The predicted octanol–water partition coefficient (Wildman–Crippen LogP) is 6.88. The first-order valence-electron chi connectivity index (χ1n) is 10.3. The van der Waals surface area contributed by atoms with Gasteiger partial charge in [0.2, 0.25) is 0 Å². The lowest BCUT2D eigenvalue weighted by atomic mass is 9.94. The Kier molecular flexibility index (Phi) is 8.05. The number of rotatable bonds is 7. The molecule has 0 spiro atoms. The van der Waals surface area contributed by atoms with Gasteiger partial charge in [0.05, 0.1) is 5.56 Å². The molecule has 0 aromatic heterocycles. The third-order valence-corrected chi connectivity index (χ3v) is 6.28. The molecule has 1 unspecified atom stereocenters. The number of halogens is 4. The standard InChI is InChI=1S/C16H19ClF3N.C6H14/c1-11(6-7-17)21-9-14-8-15(14,10-21)12-2-4-13(5-3-12)16(18,19)20;1-3-5-6-4-2/h2-5,11,14H,6-10H2,1H3;3-6H2,1-2H3/t11?,14-,15+;/m0./s1. The number of fused-ring (bicyclic) bond motifs is 1. The lowest BCUT2D eigenvalue weighted by Gasteiger charge is -2.27. The van der Waals surface area contributed by atoms with Gasteiger partial charge in [0.1, 0.15) is 0 Å². The van der Waals surface area contributed by atoms with Gasteiger partial charge in [-0.3, -0.25) is 4.90 Å². The highest BCUT2D eigenvalue weighted by atomic mass is 35.5. The van der Waals surface area contributed by atoms with E-state index in [1.807, 2.05) is 0 Å². The Labute approximate surface area is 167 Å². The molecule has 3 atom stereocenters. The van der Waals surface area contributed by atoms with Crippen LogP contribution in [0.2, 0.25) is 0 Å². The van der Waals surface area contributed by atoms with Crippen molar-refractivity contribution in [2.75, 3.05) is 19.0 Å². The number of likely N-dealkylation sites (tertiary alicyclic amines) is 1. The van der Waals surface area contributed by atoms with Crippen molar-refractivity contribution in [3.63, 3.8) is 0 Å². The molecule has 0 N–H and O–H groups in total. The molecule has 3 rings (SSSR count). The molecule has 2 aliphatic rings. The van der Waals surface area contributed by atoms with Gasteiger partial charge in [-0.25, -0.2) is 0 Å². The topological polar surface area (TPSA) is 3.24 Å². The van der Waals surface area contributed by atoms with Crippen molar-refractivity contribution in [3.8, 4) is 0 Å². The zero-order valence-electron chi connectivity index (χ0n) is 16.8. The van der Waals surface area contributed by atoms with Crippen molar-refractivity contribution in [2.45, 2.75) is 76.9 Å². The van der Waals surface area contributed by atoms with Crippen molar-refractivity contribution < 1.29 is 13.2 Å². The molecule has 1 aromatic rings. The smallest absolute Gasteiger partial charge is 0.299 e. The van der Waals surface area contributed by atoms with Crippen LogP contribution in [0.4, 0.5) is 13.2 Å². The van der Waals surface area contributed by atoms with Crippen LogP contribution >= 0.6 is 11.6 Å². The van der Waals surface area contributed by atoms with Crippen LogP contribution in [0.5, 0.6) is 0 Å². The molecule has 1 saturated heterocycles. The minimum atomic E-state index is -4.25. The molecule has 1 heterocycles. The Hall–Kier alpha value is -0.740. The Morgan fingerprint density at radius 2 is 1.74 bits per heavy atom. The van der Waals surface area contributed by atoms with Crippen LogP contribution in [0.15, 0.2) is 24.3 Å². The quantitative estimate of drug-likeness (QED) is 0.354. The molecule has 2 fully saturated rings. The van der Waals surface area contributed by atoms with E-state index in [4.69, 9.17) is 11.6 Å². The normalized spacial score (nSPS) is 25.5. The van der Waals surface area contributed by atoms with E-state index in [1.165, 1.54) is 37.8 Å². The van der Waals surface area contributed by atoms with E-state index in [1.54, 1.807) is 12.1 Å². The highest BCUT2D eigenvalue weighted by Crippen LogP contribution is 2.59. The highest BCUT2D eigenvalue weighted by Gasteiger charge is 2.61. The van der Waals surface area contributed by atoms with Crippen molar-refractivity contribution in [1.29, 1.82) is 0 Å². The molecular formula is C22H33ClF3N. The lowest BCUT2D eigenvalue weighted by molar-refractivity contribution is -0.137. The predicted molar refractivity (Wildman–Crippen MR) is 107 cm³/mol. The maximum atomic E-state index is 12.6. The summed E-state index contributed by atoms with van der Waals surface area (Å²) in [6.45, 7) is 8.62. The van der Waals surface area contributed by atoms with Crippen LogP contribution in [0.25, 0.3) is 0 Å². The van der Waals surface area contributed by atoms with E-state index < -0.39 is 11.7 Å². The van der Waals surface area contributed by atoms with Crippen molar-refractivity contribution in [2.24, 2.45) is 5.92 Å². The Morgan fingerprint density at radius 1 is 1.15 bits per heavy atom. The molecule has 0 bridgehead atoms. The van der Waals surface area contributed by atoms with E-state index in [9.17, 15) is 13.2 Å². The molecular weight excluding hydrogens is 371 g/mol. The fraction of sp³-hybridized carbons (Fsp3) is 0.727. The summed E-state index contributed by atoms with van der Waals surface area (Å²) < 4.78 is 37.9. The molecule has 0 amide bonds. The maximum Gasteiger partial charge on any atom is 0.416 e. The average Bonchev–Trinajstić information content (AvgIpc) is 3.21. The zero-order chi connectivity index (χ0) is 20.1. The Morgan fingerprint density at radius 3 is 2.22 bits per heavy atom. The second-order valence-corrected chi connectivity index (χ2v) is 8.47. The van der Waals surface area contributed by atoms with Crippen molar-refractivity contribution in [1.82, 2.24) is 4.90 Å². The van der Waals surface area contributed by atoms with Crippen LogP contribution in [0, 0.1) is 5.92 Å². The van der Waals surface area contributed by atoms with Gasteiger partial charge in [0, 0.05) is 30.4 Å². The summed E-state index contributed by atoms with van der Waals surface area (Å²) >= 11 is 5.80. The van der Waals surface area contributed by atoms with Crippen LogP contribution in [-0.4, -0.2) is 29.9 Å². The summed E-state index contributed by atoms with van der Waals surface area (Å²) in [6.07, 6.45) is 3.34. The number of nitrogens with zero attached hydrogens (tertiary/aromatic N) is 1. The highest BCUT2D eigenvalue weighted by molar-refractivity contribution is 6.17. The first-order valence-corrected chi connectivity index (χ1v) is 10.8. The maximum absolute atomic E-state index is 12.6. The third-order valence-electron chi connectivity index (χ3n) is 6.07. The van der Waals surface area contributed by atoms with Gasteiger partial charge in [-0.05, 0) is 43.4 Å². The van der Waals surface area contributed by atoms with Crippen LogP contribution in [-0.2, 0) is 11.6 Å². The number of alkyl halides is 4. The van der Waals surface area contributed by atoms with Gasteiger partial charge in [-0.15, -0.1) is 11.6 Å². The first-order chi connectivity index (χ1) is 12.8. The monoisotopic (exact) mass is 403 g/mol. The van der Waals surface area contributed by atoms with E-state index >= 15 is 0 Å². The third kappa shape index (κ3) is 5.63. The van der Waals surface area contributed by atoms with Crippen LogP contribution in [0.1, 0.15) is 70.4 Å². The average molecular weight is 404 g/mol. The molecule has 0 radical (unpaired) electrons. The summed E-state index contributed by atoms with van der Waals surface area (Å²) in [6, 6.07) is 6.20. The minimum Gasteiger partial charge on any atom is -0.299 e. The van der Waals surface area contributed by atoms with Gasteiger partial charge in [-0.2, -0.15) is 13.2 Å². The number of hydrogen-bond acceptors (Lipinski definition) is 1. The SMILES string of the molecule is CC(CCCl)N1C[C@@H]2C[C@]2(c2ccc(C(F)(F)F)cc2)C1.CCCCCC. The molecule has 1 nitrogen and oxygen atoms in total. The zero-order valence-corrected chi connectivity index (χ0v) is 17.5. The van der Waals surface area contributed by atoms with E-state index in [0.717, 1.165) is 31.5 Å². The van der Waals surface area contributed by atoms with Gasteiger partial charge in [-0.1, -0.05) is 51.7 Å². The Bertz CT molecular complexity index is 568. The molecule has 5 heteroatoms. The summed E-state index contributed by atoms with van der Waals surface area (Å²) in [7, 11) is 0. The number of piperidine rings is 1. The van der Waals surface area contributed by atoms with Crippen LogP contribution in [0.3, 0.4) is 0 Å². The molecule has 1 aliphatic carbocycles.